The van der Waals surface area contributed by atoms with Crippen molar-refractivity contribution in [3.8, 4) is 22.3 Å². The van der Waals surface area contributed by atoms with Crippen molar-refractivity contribution in [1.82, 2.24) is 4.98 Å². The summed E-state index contributed by atoms with van der Waals surface area (Å²) in [5.74, 6) is 0. The Bertz CT molecular complexity index is 999. The lowest BCUT2D eigenvalue weighted by atomic mass is 10.0. The van der Waals surface area contributed by atoms with Gasteiger partial charge in [0.15, 0.2) is 0 Å². The Labute approximate surface area is 116 Å². The lowest BCUT2D eigenvalue weighted by Crippen LogP contribution is -1.85. The molecule has 1 aliphatic rings. The van der Waals surface area contributed by atoms with Gasteiger partial charge >= 0.3 is 0 Å². The third-order valence-corrected chi connectivity index (χ3v) is 4.19. The van der Waals surface area contributed by atoms with Crippen LogP contribution in [0.3, 0.4) is 0 Å². The zero-order valence-electron chi connectivity index (χ0n) is 10.8. The maximum Gasteiger partial charge on any atom is 0.0722 e. The standard InChI is InChI=1S/C19H11N/c1-2-7-13-12(6-1)14-9-5-11-17-19(14)18(13)15-8-3-4-10-16(15)20-17/h1-11H. The van der Waals surface area contributed by atoms with Crippen molar-refractivity contribution in [3.63, 3.8) is 0 Å². The van der Waals surface area contributed by atoms with Gasteiger partial charge in [0.25, 0.3) is 0 Å². The summed E-state index contributed by atoms with van der Waals surface area (Å²) in [6.07, 6.45) is 0. The summed E-state index contributed by atoms with van der Waals surface area (Å²) in [7, 11) is 0. The number of aromatic nitrogens is 1. The first-order valence-electron chi connectivity index (χ1n) is 6.85. The van der Waals surface area contributed by atoms with Crippen LogP contribution >= 0.6 is 0 Å². The third kappa shape index (κ3) is 1.11. The highest BCUT2D eigenvalue weighted by Gasteiger charge is 2.23. The fourth-order valence-electron chi connectivity index (χ4n) is 3.38. The molecule has 0 amide bonds. The second kappa shape index (κ2) is 3.45. The van der Waals surface area contributed by atoms with Gasteiger partial charge in [-0.3, -0.25) is 0 Å². The summed E-state index contributed by atoms with van der Waals surface area (Å²) in [6, 6.07) is 23.5. The van der Waals surface area contributed by atoms with Crippen LogP contribution < -0.4 is 0 Å². The predicted molar refractivity (Wildman–Crippen MR) is 83.7 cm³/mol. The molecule has 1 nitrogen and oxygen atoms in total. The van der Waals surface area contributed by atoms with Gasteiger partial charge in [0.2, 0.25) is 0 Å². The SMILES string of the molecule is c1ccc2c(c1)-c1cccc3nc4ccccc4c-2c13. The van der Waals surface area contributed by atoms with Gasteiger partial charge in [0, 0.05) is 16.3 Å². The lowest BCUT2D eigenvalue weighted by Gasteiger charge is -2.06. The zero-order chi connectivity index (χ0) is 13.1. The van der Waals surface area contributed by atoms with E-state index in [1.807, 2.05) is 0 Å². The summed E-state index contributed by atoms with van der Waals surface area (Å²) in [5, 5.41) is 2.55. The molecule has 0 bridgehead atoms. The summed E-state index contributed by atoms with van der Waals surface area (Å²) >= 11 is 0. The number of rotatable bonds is 0. The molecule has 0 aliphatic heterocycles. The fourth-order valence-corrected chi connectivity index (χ4v) is 3.38. The van der Waals surface area contributed by atoms with Gasteiger partial charge in [-0.1, -0.05) is 54.6 Å². The Morgan fingerprint density at radius 1 is 0.550 bits per heavy atom. The van der Waals surface area contributed by atoms with Crippen LogP contribution in [0.25, 0.3) is 44.1 Å². The fraction of sp³-hybridized carbons (Fsp3) is 0. The van der Waals surface area contributed by atoms with Gasteiger partial charge in [-0.2, -0.15) is 0 Å². The van der Waals surface area contributed by atoms with E-state index in [1.165, 1.54) is 33.0 Å². The van der Waals surface area contributed by atoms with Crippen LogP contribution in [0.1, 0.15) is 0 Å². The predicted octanol–water partition coefficient (Wildman–Crippen LogP) is 5.04. The molecular weight excluding hydrogens is 242 g/mol. The Kier molecular flexibility index (Phi) is 1.75. The molecule has 0 atom stereocenters. The van der Waals surface area contributed by atoms with Crippen LogP contribution in [0.4, 0.5) is 0 Å². The molecule has 1 heterocycles. The van der Waals surface area contributed by atoms with Crippen LogP contribution in [-0.2, 0) is 0 Å². The first-order valence-corrected chi connectivity index (χ1v) is 6.85. The highest BCUT2D eigenvalue weighted by atomic mass is 14.7. The van der Waals surface area contributed by atoms with Crippen molar-refractivity contribution < 1.29 is 0 Å². The smallest absolute Gasteiger partial charge is 0.0722 e. The molecule has 0 radical (unpaired) electrons. The largest absolute Gasteiger partial charge is 0.248 e. The van der Waals surface area contributed by atoms with Crippen molar-refractivity contribution in [1.29, 1.82) is 0 Å². The van der Waals surface area contributed by atoms with Crippen LogP contribution in [0.2, 0.25) is 0 Å². The van der Waals surface area contributed by atoms with E-state index in [-0.39, 0.29) is 0 Å². The summed E-state index contributed by atoms with van der Waals surface area (Å²) in [5.41, 5.74) is 7.47. The Morgan fingerprint density at radius 2 is 1.25 bits per heavy atom. The van der Waals surface area contributed by atoms with Gasteiger partial charge in [-0.05, 0) is 28.8 Å². The second-order valence-corrected chi connectivity index (χ2v) is 5.25. The van der Waals surface area contributed by atoms with Crippen LogP contribution in [0, 0.1) is 0 Å². The highest BCUT2D eigenvalue weighted by Crippen LogP contribution is 2.49. The van der Waals surface area contributed by atoms with Gasteiger partial charge in [0.1, 0.15) is 0 Å². The van der Waals surface area contributed by atoms with E-state index in [1.54, 1.807) is 0 Å². The van der Waals surface area contributed by atoms with Crippen LogP contribution in [0.15, 0.2) is 66.7 Å². The third-order valence-electron chi connectivity index (χ3n) is 4.19. The maximum absolute atomic E-state index is 4.82. The van der Waals surface area contributed by atoms with Gasteiger partial charge < -0.3 is 0 Å². The number of pyridine rings is 1. The van der Waals surface area contributed by atoms with Gasteiger partial charge in [-0.15, -0.1) is 0 Å². The van der Waals surface area contributed by atoms with Crippen molar-refractivity contribution in [2.75, 3.05) is 0 Å². The topological polar surface area (TPSA) is 12.9 Å². The van der Waals surface area contributed by atoms with E-state index in [9.17, 15) is 0 Å². The number of para-hydroxylation sites is 1. The van der Waals surface area contributed by atoms with E-state index >= 15 is 0 Å². The molecule has 1 aromatic heterocycles. The Balaban J connectivity index is 2.15. The Morgan fingerprint density at radius 3 is 2.20 bits per heavy atom. The second-order valence-electron chi connectivity index (χ2n) is 5.25. The molecule has 3 aromatic carbocycles. The number of hydrogen-bond acceptors (Lipinski definition) is 1. The first kappa shape index (κ1) is 10.2. The molecule has 0 saturated carbocycles. The monoisotopic (exact) mass is 253 g/mol. The maximum atomic E-state index is 4.82. The molecule has 0 spiro atoms. The van der Waals surface area contributed by atoms with Crippen LogP contribution in [0.5, 0.6) is 0 Å². The molecule has 4 aromatic rings. The van der Waals surface area contributed by atoms with E-state index in [2.05, 4.69) is 66.7 Å². The molecule has 0 fully saturated rings. The van der Waals surface area contributed by atoms with Crippen molar-refractivity contribution in [2.45, 2.75) is 0 Å². The van der Waals surface area contributed by atoms with Crippen molar-refractivity contribution in [2.24, 2.45) is 0 Å². The molecule has 5 rings (SSSR count). The Hall–Kier alpha value is -2.67. The average molecular weight is 253 g/mol. The van der Waals surface area contributed by atoms with Gasteiger partial charge in [-0.25, -0.2) is 4.98 Å². The summed E-state index contributed by atoms with van der Waals surface area (Å²) in [6.45, 7) is 0. The van der Waals surface area contributed by atoms with Gasteiger partial charge in [0.05, 0.1) is 11.0 Å². The minimum absolute atomic E-state index is 1.07. The minimum Gasteiger partial charge on any atom is -0.248 e. The van der Waals surface area contributed by atoms with Crippen molar-refractivity contribution >= 4 is 21.8 Å². The number of hydrogen-bond donors (Lipinski definition) is 0. The molecule has 20 heavy (non-hydrogen) atoms. The van der Waals surface area contributed by atoms with E-state index in [0.29, 0.717) is 0 Å². The first-order chi connectivity index (χ1) is 9.93. The van der Waals surface area contributed by atoms with Crippen LogP contribution in [-0.4, -0.2) is 4.98 Å². The normalized spacial score (nSPS) is 12.0. The van der Waals surface area contributed by atoms with E-state index in [0.717, 1.165) is 11.0 Å². The van der Waals surface area contributed by atoms with Crippen molar-refractivity contribution in [3.05, 3.63) is 66.7 Å². The van der Waals surface area contributed by atoms with E-state index < -0.39 is 0 Å². The number of fused-ring (bicyclic) bond motifs is 5. The number of benzene rings is 3. The molecule has 0 N–H and O–H groups in total. The minimum atomic E-state index is 1.07. The zero-order valence-corrected chi connectivity index (χ0v) is 10.8. The summed E-state index contributed by atoms with van der Waals surface area (Å²) < 4.78 is 0. The number of nitrogens with zero attached hydrogens (tertiary/aromatic N) is 1. The quantitative estimate of drug-likeness (QED) is 0.352. The van der Waals surface area contributed by atoms with E-state index in [4.69, 9.17) is 4.98 Å². The molecule has 1 aliphatic carbocycles. The molecule has 0 unspecified atom stereocenters. The average Bonchev–Trinajstić information content (AvgIpc) is 2.85. The highest BCUT2D eigenvalue weighted by molar-refractivity contribution is 6.21. The molecule has 0 saturated heterocycles. The summed E-state index contributed by atoms with van der Waals surface area (Å²) in [4.78, 5) is 4.82. The molecular formula is C19H11N. The molecule has 1 heteroatoms. The lowest BCUT2D eigenvalue weighted by molar-refractivity contribution is 1.50. The molecule has 92 valence electrons.